The van der Waals surface area contributed by atoms with Crippen LogP contribution in [0, 0.1) is 5.92 Å². The van der Waals surface area contributed by atoms with Crippen molar-refractivity contribution in [3.8, 4) is 0 Å². The summed E-state index contributed by atoms with van der Waals surface area (Å²) >= 11 is 7.98. The number of hydrogen-bond donors (Lipinski definition) is 2. The molecular formula is C22H27ClN4OS. The zero-order valence-electron chi connectivity index (χ0n) is 16.6. The third-order valence-electron chi connectivity index (χ3n) is 4.84. The normalized spacial score (nSPS) is 16.7. The number of benzene rings is 2. The van der Waals surface area contributed by atoms with Gasteiger partial charge in [-0.3, -0.25) is 9.79 Å². The van der Waals surface area contributed by atoms with Crippen LogP contribution in [0.2, 0.25) is 5.02 Å². The van der Waals surface area contributed by atoms with E-state index < -0.39 is 0 Å². The van der Waals surface area contributed by atoms with Gasteiger partial charge >= 0.3 is 0 Å². The fourth-order valence-corrected chi connectivity index (χ4v) is 4.59. The lowest BCUT2D eigenvalue weighted by Gasteiger charge is -2.22. The molecule has 7 heteroatoms. The summed E-state index contributed by atoms with van der Waals surface area (Å²) in [4.78, 5) is 20.2. The van der Waals surface area contributed by atoms with Crippen LogP contribution in [0.4, 0.5) is 0 Å². The quantitative estimate of drug-likeness (QED) is 0.304. The molecule has 1 saturated heterocycles. The van der Waals surface area contributed by atoms with Gasteiger partial charge in [-0.25, -0.2) is 0 Å². The number of nitrogens with one attached hydrogen (secondary N) is 2. The lowest BCUT2D eigenvalue weighted by atomic mass is 10.2. The second-order valence-corrected chi connectivity index (χ2v) is 8.44. The molecule has 0 aliphatic carbocycles. The molecule has 1 atom stereocenters. The minimum absolute atomic E-state index is 0.161. The molecule has 2 aromatic rings. The SMILES string of the molecule is CN=C(NCCNC(=O)c1ccccc1Cl)N1CCC(CSc2ccccc2)C1. The van der Waals surface area contributed by atoms with Crippen LogP contribution in [0.3, 0.4) is 0 Å². The van der Waals surface area contributed by atoms with Gasteiger partial charge in [0.15, 0.2) is 5.96 Å². The molecule has 29 heavy (non-hydrogen) atoms. The Kier molecular flexibility index (Phi) is 8.25. The van der Waals surface area contributed by atoms with Gasteiger partial charge in [-0.05, 0) is 36.6 Å². The molecule has 0 saturated carbocycles. The number of rotatable bonds is 7. The number of nitrogens with zero attached hydrogens (tertiary/aromatic N) is 2. The average molecular weight is 431 g/mol. The van der Waals surface area contributed by atoms with Crippen molar-refractivity contribution < 1.29 is 4.79 Å². The Hall–Kier alpha value is -2.18. The number of halogens is 1. The van der Waals surface area contributed by atoms with E-state index >= 15 is 0 Å². The van der Waals surface area contributed by atoms with Gasteiger partial charge in [0.25, 0.3) is 5.91 Å². The lowest BCUT2D eigenvalue weighted by molar-refractivity contribution is 0.0954. The minimum atomic E-state index is -0.161. The first kappa shape index (κ1) is 21.5. The van der Waals surface area contributed by atoms with Gasteiger partial charge in [0.2, 0.25) is 0 Å². The first-order valence-corrected chi connectivity index (χ1v) is 11.2. The van der Waals surface area contributed by atoms with Gasteiger partial charge in [0, 0.05) is 43.9 Å². The summed E-state index contributed by atoms with van der Waals surface area (Å²) < 4.78 is 0. The molecule has 1 fully saturated rings. The van der Waals surface area contributed by atoms with E-state index in [0.29, 0.717) is 29.6 Å². The van der Waals surface area contributed by atoms with E-state index in [2.05, 4.69) is 44.8 Å². The number of carbonyl (C=O) groups excluding carboxylic acids is 1. The molecule has 1 amide bonds. The summed E-state index contributed by atoms with van der Waals surface area (Å²) in [5.74, 6) is 2.50. The summed E-state index contributed by atoms with van der Waals surface area (Å²) in [6.07, 6.45) is 1.17. The van der Waals surface area contributed by atoms with Crippen molar-refractivity contribution in [2.75, 3.05) is 39.0 Å². The fourth-order valence-electron chi connectivity index (χ4n) is 3.32. The Morgan fingerprint density at radius 2 is 1.86 bits per heavy atom. The molecule has 1 aliphatic heterocycles. The lowest BCUT2D eigenvalue weighted by Crippen LogP contribution is -2.43. The molecule has 0 bridgehead atoms. The van der Waals surface area contributed by atoms with E-state index in [4.69, 9.17) is 11.6 Å². The van der Waals surface area contributed by atoms with Crippen molar-refractivity contribution in [1.29, 1.82) is 0 Å². The topological polar surface area (TPSA) is 56.7 Å². The van der Waals surface area contributed by atoms with Gasteiger partial charge in [-0.2, -0.15) is 0 Å². The van der Waals surface area contributed by atoms with E-state index in [1.165, 1.54) is 11.3 Å². The summed E-state index contributed by atoms with van der Waals surface area (Å²) in [5.41, 5.74) is 0.497. The number of likely N-dealkylation sites (tertiary alicyclic amines) is 1. The number of thioether (sulfide) groups is 1. The average Bonchev–Trinajstić information content (AvgIpc) is 3.22. The van der Waals surface area contributed by atoms with E-state index in [0.717, 1.165) is 24.8 Å². The highest BCUT2D eigenvalue weighted by Gasteiger charge is 2.24. The first-order chi connectivity index (χ1) is 14.2. The van der Waals surface area contributed by atoms with Crippen LogP contribution < -0.4 is 10.6 Å². The van der Waals surface area contributed by atoms with Crippen molar-refractivity contribution in [3.63, 3.8) is 0 Å². The van der Waals surface area contributed by atoms with Crippen LogP contribution in [-0.4, -0.2) is 55.7 Å². The molecule has 0 spiro atoms. The van der Waals surface area contributed by atoms with Gasteiger partial charge in [0.05, 0.1) is 10.6 Å². The second-order valence-electron chi connectivity index (χ2n) is 6.93. The number of aliphatic imine (C=N–C) groups is 1. The Bertz CT molecular complexity index is 831. The highest BCUT2D eigenvalue weighted by atomic mass is 35.5. The molecule has 1 unspecified atom stereocenters. The molecule has 2 N–H and O–H groups in total. The summed E-state index contributed by atoms with van der Waals surface area (Å²) in [5, 5.41) is 6.71. The summed E-state index contributed by atoms with van der Waals surface area (Å²) in [6.45, 7) is 3.13. The van der Waals surface area contributed by atoms with Crippen LogP contribution in [0.15, 0.2) is 64.5 Å². The largest absolute Gasteiger partial charge is 0.354 e. The number of hydrogen-bond acceptors (Lipinski definition) is 3. The van der Waals surface area contributed by atoms with E-state index in [1.807, 2.05) is 23.9 Å². The van der Waals surface area contributed by atoms with Crippen LogP contribution in [0.1, 0.15) is 16.8 Å². The highest BCUT2D eigenvalue weighted by Crippen LogP contribution is 2.25. The summed E-state index contributed by atoms with van der Waals surface area (Å²) in [6, 6.07) is 17.6. The smallest absolute Gasteiger partial charge is 0.252 e. The van der Waals surface area contributed by atoms with E-state index in [1.54, 1.807) is 25.2 Å². The van der Waals surface area contributed by atoms with Crippen molar-refractivity contribution in [1.82, 2.24) is 15.5 Å². The minimum Gasteiger partial charge on any atom is -0.354 e. The van der Waals surface area contributed by atoms with Gasteiger partial charge in [0.1, 0.15) is 0 Å². The Labute approximate surface area is 181 Å². The molecule has 1 aliphatic rings. The van der Waals surface area contributed by atoms with E-state index in [-0.39, 0.29) is 5.91 Å². The Balaban J connectivity index is 1.38. The van der Waals surface area contributed by atoms with Gasteiger partial charge in [-0.1, -0.05) is 41.9 Å². The Morgan fingerprint density at radius 1 is 1.14 bits per heavy atom. The fraction of sp³-hybridized carbons (Fsp3) is 0.364. The van der Waals surface area contributed by atoms with Crippen molar-refractivity contribution >= 4 is 35.2 Å². The Morgan fingerprint density at radius 3 is 2.62 bits per heavy atom. The standard InChI is InChI=1S/C22H27ClN4OS/c1-24-22(26-13-12-25-21(28)19-9-5-6-10-20(19)23)27-14-11-17(15-27)16-29-18-7-3-2-4-8-18/h2-10,17H,11-16H2,1H3,(H,24,26)(H,25,28). The monoisotopic (exact) mass is 430 g/mol. The van der Waals surface area contributed by atoms with Crippen molar-refractivity contribution in [2.24, 2.45) is 10.9 Å². The van der Waals surface area contributed by atoms with Crippen LogP contribution in [0.25, 0.3) is 0 Å². The third kappa shape index (κ3) is 6.41. The number of carbonyl (C=O) groups is 1. The predicted molar refractivity (Wildman–Crippen MR) is 122 cm³/mol. The molecule has 3 rings (SSSR count). The second kappa shape index (κ2) is 11.1. The van der Waals surface area contributed by atoms with Crippen molar-refractivity contribution in [3.05, 3.63) is 65.2 Å². The first-order valence-electron chi connectivity index (χ1n) is 9.83. The number of guanidine groups is 1. The zero-order chi connectivity index (χ0) is 20.5. The van der Waals surface area contributed by atoms with Gasteiger partial charge in [-0.15, -0.1) is 11.8 Å². The molecular weight excluding hydrogens is 404 g/mol. The van der Waals surface area contributed by atoms with Crippen LogP contribution in [-0.2, 0) is 0 Å². The molecule has 154 valence electrons. The maximum Gasteiger partial charge on any atom is 0.252 e. The molecule has 1 heterocycles. The molecule has 0 aromatic heterocycles. The maximum absolute atomic E-state index is 12.2. The molecule has 5 nitrogen and oxygen atoms in total. The predicted octanol–water partition coefficient (Wildman–Crippen LogP) is 3.76. The molecule has 2 aromatic carbocycles. The van der Waals surface area contributed by atoms with Gasteiger partial charge < -0.3 is 15.5 Å². The molecule has 0 radical (unpaired) electrons. The highest BCUT2D eigenvalue weighted by molar-refractivity contribution is 7.99. The third-order valence-corrected chi connectivity index (χ3v) is 6.41. The summed E-state index contributed by atoms with van der Waals surface area (Å²) in [7, 11) is 1.80. The van der Waals surface area contributed by atoms with E-state index in [9.17, 15) is 4.79 Å². The van der Waals surface area contributed by atoms with Crippen LogP contribution in [0.5, 0.6) is 0 Å². The van der Waals surface area contributed by atoms with Crippen molar-refractivity contribution in [2.45, 2.75) is 11.3 Å². The maximum atomic E-state index is 12.2. The number of amides is 1. The zero-order valence-corrected chi connectivity index (χ0v) is 18.2. The van der Waals surface area contributed by atoms with Crippen LogP contribution >= 0.6 is 23.4 Å².